The molecule has 1 aliphatic heterocycles. The van der Waals surface area contributed by atoms with Gasteiger partial charge in [-0.25, -0.2) is 13.6 Å². The van der Waals surface area contributed by atoms with E-state index >= 15 is 0 Å². The summed E-state index contributed by atoms with van der Waals surface area (Å²) in [6.45, 7) is 0.642. The Morgan fingerprint density at radius 2 is 1.81 bits per heavy atom. The first kappa shape index (κ1) is 22.2. The lowest BCUT2D eigenvalue weighted by Gasteiger charge is -2.24. The number of fused-ring (bicyclic) bond motifs is 1. The number of benzene rings is 3. The number of urea groups is 1. The van der Waals surface area contributed by atoms with Gasteiger partial charge in [0.1, 0.15) is 11.6 Å². The lowest BCUT2D eigenvalue weighted by atomic mass is 10.1. The number of hydrogen-bond donors (Lipinski definition) is 1. The Bertz CT molecular complexity index is 1160. The summed E-state index contributed by atoms with van der Waals surface area (Å²) in [5.74, 6) is -0.364. The van der Waals surface area contributed by atoms with Crippen LogP contribution in [0, 0.1) is 11.6 Å². The molecule has 0 saturated carbocycles. The zero-order valence-corrected chi connectivity index (χ0v) is 18.2. The molecule has 5 nitrogen and oxygen atoms in total. The van der Waals surface area contributed by atoms with Gasteiger partial charge in [-0.1, -0.05) is 35.3 Å². The van der Waals surface area contributed by atoms with Gasteiger partial charge in [-0.2, -0.15) is 0 Å². The van der Waals surface area contributed by atoms with E-state index in [1.807, 2.05) is 6.07 Å². The number of anilines is 1. The van der Waals surface area contributed by atoms with E-state index in [9.17, 15) is 13.6 Å². The van der Waals surface area contributed by atoms with Gasteiger partial charge in [0.05, 0.1) is 5.69 Å². The molecule has 1 N–H and O–H groups in total. The monoisotopic (exact) mass is 478 g/mol. The van der Waals surface area contributed by atoms with E-state index in [0.717, 1.165) is 17.2 Å². The predicted octanol–water partition coefficient (Wildman–Crippen LogP) is 6.28. The molecule has 0 aromatic heterocycles. The second kappa shape index (κ2) is 9.63. The van der Waals surface area contributed by atoms with Crippen LogP contribution in [0.3, 0.4) is 0 Å². The van der Waals surface area contributed by atoms with Gasteiger partial charge in [-0.15, -0.1) is 0 Å². The third kappa shape index (κ3) is 5.23. The number of carbonyl (C=O) groups excluding carboxylic acids is 1. The Morgan fingerprint density at radius 1 is 1.00 bits per heavy atom. The van der Waals surface area contributed by atoms with Crippen LogP contribution in [0.2, 0.25) is 10.0 Å². The van der Waals surface area contributed by atoms with E-state index in [4.69, 9.17) is 32.7 Å². The Hall–Kier alpha value is -3.03. The summed E-state index contributed by atoms with van der Waals surface area (Å²) in [5.41, 5.74) is 1.50. The van der Waals surface area contributed by atoms with Crippen molar-refractivity contribution in [2.24, 2.45) is 0 Å². The van der Waals surface area contributed by atoms with E-state index in [-0.39, 0.29) is 25.6 Å². The summed E-state index contributed by atoms with van der Waals surface area (Å²) in [4.78, 5) is 14.5. The molecule has 3 aromatic carbocycles. The standard InChI is InChI=1S/C23H18Cl2F2N2O3/c24-16-3-2-15(18(25)10-16)7-8-29(12-14-1-6-21-22(9-14)32-13-31-21)23(30)28-20-5-4-17(26)11-19(20)27/h1-6,9-11H,7-8,12-13H2,(H,28,30). The maximum atomic E-state index is 14.1. The highest BCUT2D eigenvalue weighted by Gasteiger charge is 2.19. The van der Waals surface area contributed by atoms with Crippen molar-refractivity contribution in [1.29, 1.82) is 0 Å². The average molecular weight is 479 g/mol. The van der Waals surface area contributed by atoms with Crippen molar-refractivity contribution in [3.63, 3.8) is 0 Å². The SMILES string of the molecule is O=C(Nc1ccc(F)cc1F)N(CCc1ccc(Cl)cc1Cl)Cc1ccc2c(c1)OCO2. The van der Waals surface area contributed by atoms with Crippen LogP contribution < -0.4 is 14.8 Å². The molecule has 4 rings (SSSR count). The van der Waals surface area contributed by atoms with Crippen LogP contribution >= 0.6 is 23.2 Å². The number of ether oxygens (including phenoxy) is 2. The van der Waals surface area contributed by atoms with E-state index < -0.39 is 17.7 Å². The van der Waals surface area contributed by atoms with Gasteiger partial charge in [0.25, 0.3) is 0 Å². The number of nitrogens with zero attached hydrogens (tertiary/aromatic N) is 1. The Labute approximate surface area is 193 Å². The molecule has 2 amide bonds. The maximum absolute atomic E-state index is 14.1. The molecular formula is C23H18Cl2F2N2O3. The van der Waals surface area contributed by atoms with Crippen molar-refractivity contribution in [2.45, 2.75) is 13.0 Å². The Morgan fingerprint density at radius 3 is 2.59 bits per heavy atom. The minimum Gasteiger partial charge on any atom is -0.454 e. The molecule has 1 aliphatic rings. The first-order chi connectivity index (χ1) is 15.4. The van der Waals surface area contributed by atoms with Crippen molar-refractivity contribution < 1.29 is 23.0 Å². The van der Waals surface area contributed by atoms with Crippen LogP contribution in [-0.2, 0) is 13.0 Å². The van der Waals surface area contributed by atoms with E-state index in [1.165, 1.54) is 11.0 Å². The fourth-order valence-corrected chi connectivity index (χ4v) is 3.78. The van der Waals surface area contributed by atoms with Gasteiger partial charge >= 0.3 is 6.03 Å². The third-order valence-corrected chi connectivity index (χ3v) is 5.52. The molecule has 0 saturated heterocycles. The number of amides is 2. The lowest BCUT2D eigenvalue weighted by molar-refractivity contribution is 0.174. The van der Waals surface area contributed by atoms with Gasteiger partial charge in [0, 0.05) is 29.2 Å². The zero-order valence-electron chi connectivity index (χ0n) is 16.7. The summed E-state index contributed by atoms with van der Waals surface area (Å²) in [6.07, 6.45) is 0.444. The molecule has 32 heavy (non-hydrogen) atoms. The molecule has 0 radical (unpaired) electrons. The van der Waals surface area contributed by atoms with Crippen LogP contribution in [0.25, 0.3) is 0 Å². The molecule has 0 atom stereocenters. The zero-order chi connectivity index (χ0) is 22.7. The second-order valence-electron chi connectivity index (χ2n) is 7.15. The number of nitrogens with one attached hydrogen (secondary N) is 1. The lowest BCUT2D eigenvalue weighted by Crippen LogP contribution is -2.36. The summed E-state index contributed by atoms with van der Waals surface area (Å²) in [7, 11) is 0. The van der Waals surface area contributed by atoms with E-state index in [0.29, 0.717) is 34.0 Å². The van der Waals surface area contributed by atoms with Gasteiger partial charge in [-0.05, 0) is 53.9 Å². The van der Waals surface area contributed by atoms with Crippen molar-refractivity contribution in [2.75, 3.05) is 18.7 Å². The largest absolute Gasteiger partial charge is 0.454 e. The van der Waals surface area contributed by atoms with Crippen LogP contribution in [0.4, 0.5) is 19.3 Å². The normalized spacial score (nSPS) is 12.0. The van der Waals surface area contributed by atoms with Gasteiger partial charge in [0.15, 0.2) is 11.5 Å². The molecule has 0 fully saturated rings. The first-order valence-corrected chi connectivity index (χ1v) is 10.5. The van der Waals surface area contributed by atoms with Gasteiger partial charge in [0.2, 0.25) is 6.79 Å². The number of hydrogen-bond acceptors (Lipinski definition) is 3. The first-order valence-electron chi connectivity index (χ1n) is 9.72. The van der Waals surface area contributed by atoms with Crippen molar-refractivity contribution in [3.8, 4) is 11.5 Å². The van der Waals surface area contributed by atoms with E-state index in [2.05, 4.69) is 5.32 Å². The summed E-state index contributed by atoms with van der Waals surface area (Å²) < 4.78 is 38.0. The quantitative estimate of drug-likeness (QED) is 0.453. The topological polar surface area (TPSA) is 50.8 Å². The molecule has 0 spiro atoms. The van der Waals surface area contributed by atoms with Crippen LogP contribution in [0.15, 0.2) is 54.6 Å². The number of rotatable bonds is 6. The molecule has 1 heterocycles. The minimum atomic E-state index is -0.859. The summed E-state index contributed by atoms with van der Waals surface area (Å²) in [5, 5.41) is 3.51. The van der Waals surface area contributed by atoms with Crippen LogP contribution in [-0.4, -0.2) is 24.3 Å². The van der Waals surface area contributed by atoms with Crippen molar-refractivity contribution in [1.82, 2.24) is 4.90 Å². The second-order valence-corrected chi connectivity index (χ2v) is 7.99. The smallest absolute Gasteiger partial charge is 0.322 e. The van der Waals surface area contributed by atoms with Crippen LogP contribution in [0.5, 0.6) is 11.5 Å². The van der Waals surface area contributed by atoms with Gasteiger partial charge < -0.3 is 19.7 Å². The molecule has 0 bridgehead atoms. The predicted molar refractivity (Wildman–Crippen MR) is 119 cm³/mol. The van der Waals surface area contributed by atoms with Crippen LogP contribution in [0.1, 0.15) is 11.1 Å². The fourth-order valence-electron chi connectivity index (χ4n) is 3.28. The number of halogens is 4. The average Bonchev–Trinajstić information content (AvgIpc) is 3.22. The van der Waals surface area contributed by atoms with E-state index in [1.54, 1.807) is 30.3 Å². The molecule has 0 aliphatic carbocycles. The Balaban J connectivity index is 1.54. The summed E-state index contributed by atoms with van der Waals surface area (Å²) in [6, 6.07) is 12.9. The minimum absolute atomic E-state index is 0.114. The highest BCUT2D eigenvalue weighted by molar-refractivity contribution is 6.35. The van der Waals surface area contributed by atoms with Crippen molar-refractivity contribution >= 4 is 34.9 Å². The molecule has 166 valence electrons. The highest BCUT2D eigenvalue weighted by atomic mass is 35.5. The molecular weight excluding hydrogens is 461 g/mol. The highest BCUT2D eigenvalue weighted by Crippen LogP contribution is 2.33. The molecule has 9 heteroatoms. The third-order valence-electron chi connectivity index (χ3n) is 4.94. The molecule has 3 aromatic rings. The maximum Gasteiger partial charge on any atom is 0.322 e. The van der Waals surface area contributed by atoms with Gasteiger partial charge in [-0.3, -0.25) is 0 Å². The number of carbonyl (C=O) groups is 1. The van der Waals surface area contributed by atoms with Crippen molar-refractivity contribution in [3.05, 3.63) is 87.4 Å². The fraction of sp³-hybridized carbons (Fsp3) is 0.174. The summed E-state index contributed by atoms with van der Waals surface area (Å²) >= 11 is 12.2. The Kier molecular flexibility index (Phi) is 6.67. The molecule has 0 unspecified atom stereocenters.